The quantitative estimate of drug-likeness (QED) is 0.749. The van der Waals surface area contributed by atoms with Crippen LogP contribution in [0.2, 0.25) is 0 Å². The van der Waals surface area contributed by atoms with Gasteiger partial charge in [-0.1, -0.05) is 6.07 Å². The Hall–Kier alpha value is -1.27. The molecule has 2 N–H and O–H groups in total. The van der Waals surface area contributed by atoms with Gasteiger partial charge in [-0.3, -0.25) is 0 Å². The van der Waals surface area contributed by atoms with Crippen LogP contribution < -0.4 is 10.5 Å². The van der Waals surface area contributed by atoms with Crippen LogP contribution in [0.5, 0.6) is 5.75 Å². The van der Waals surface area contributed by atoms with E-state index in [0.717, 1.165) is 6.07 Å². The third kappa shape index (κ3) is 6.35. The maximum Gasteiger partial charge on any atom is 0.419 e. The van der Waals surface area contributed by atoms with Crippen molar-refractivity contribution in [1.29, 1.82) is 0 Å². The van der Waals surface area contributed by atoms with E-state index in [1.807, 2.05) is 6.92 Å². The summed E-state index contributed by atoms with van der Waals surface area (Å²) in [6.45, 7) is 4.86. The highest BCUT2D eigenvalue weighted by Crippen LogP contribution is 2.37. The molecule has 1 rings (SSSR count). The molecule has 21 heavy (non-hydrogen) atoms. The lowest BCUT2D eigenvalue weighted by molar-refractivity contribution is -0.139. The molecule has 0 bridgehead atoms. The Morgan fingerprint density at radius 2 is 1.95 bits per heavy atom. The van der Waals surface area contributed by atoms with Gasteiger partial charge in [0, 0.05) is 25.7 Å². The molecule has 120 valence electrons. The SMILES string of the molecule is CCOCCCOc1ccc(CC(C)N)cc1C(F)(F)F. The number of alkyl halides is 3. The minimum Gasteiger partial charge on any atom is -0.493 e. The fraction of sp³-hybridized carbons (Fsp3) is 0.600. The van der Waals surface area contributed by atoms with E-state index in [9.17, 15) is 13.2 Å². The third-order valence-electron chi connectivity index (χ3n) is 2.80. The molecule has 0 aliphatic carbocycles. The van der Waals surface area contributed by atoms with E-state index in [1.54, 1.807) is 13.0 Å². The second-order valence-electron chi connectivity index (χ2n) is 4.91. The molecule has 1 aromatic carbocycles. The molecule has 0 fully saturated rings. The molecule has 0 saturated carbocycles. The summed E-state index contributed by atoms with van der Waals surface area (Å²) in [5, 5.41) is 0. The van der Waals surface area contributed by atoms with Crippen LogP contribution in [0.1, 0.15) is 31.4 Å². The van der Waals surface area contributed by atoms with E-state index in [-0.39, 0.29) is 18.4 Å². The minimum absolute atomic E-state index is 0.146. The lowest BCUT2D eigenvalue weighted by atomic mass is 10.0. The summed E-state index contributed by atoms with van der Waals surface area (Å²) in [4.78, 5) is 0. The molecular formula is C15H22F3NO2. The zero-order chi connectivity index (χ0) is 15.9. The molecular weight excluding hydrogens is 283 g/mol. The summed E-state index contributed by atoms with van der Waals surface area (Å²) < 4.78 is 49.5. The minimum atomic E-state index is -4.44. The first-order valence-electron chi connectivity index (χ1n) is 7.00. The van der Waals surface area contributed by atoms with Gasteiger partial charge in [0.2, 0.25) is 0 Å². The van der Waals surface area contributed by atoms with E-state index in [2.05, 4.69) is 0 Å². The van der Waals surface area contributed by atoms with Crippen molar-refractivity contribution in [2.24, 2.45) is 5.73 Å². The van der Waals surface area contributed by atoms with Crippen LogP contribution in [0, 0.1) is 0 Å². The lowest BCUT2D eigenvalue weighted by Gasteiger charge is -2.16. The van der Waals surface area contributed by atoms with Gasteiger partial charge in [-0.05, 0) is 38.0 Å². The predicted molar refractivity (Wildman–Crippen MR) is 75.4 cm³/mol. The van der Waals surface area contributed by atoms with Gasteiger partial charge in [0.1, 0.15) is 5.75 Å². The largest absolute Gasteiger partial charge is 0.493 e. The summed E-state index contributed by atoms with van der Waals surface area (Å²) in [7, 11) is 0. The van der Waals surface area contributed by atoms with Gasteiger partial charge in [-0.25, -0.2) is 0 Å². The van der Waals surface area contributed by atoms with Crippen molar-refractivity contribution in [2.75, 3.05) is 19.8 Å². The molecule has 3 nitrogen and oxygen atoms in total. The van der Waals surface area contributed by atoms with E-state index in [1.165, 1.54) is 6.07 Å². The van der Waals surface area contributed by atoms with E-state index < -0.39 is 11.7 Å². The Balaban J connectivity index is 2.77. The predicted octanol–water partition coefficient (Wildman–Crippen LogP) is 3.40. The Bertz CT molecular complexity index is 433. The second-order valence-corrected chi connectivity index (χ2v) is 4.91. The third-order valence-corrected chi connectivity index (χ3v) is 2.80. The highest BCUT2D eigenvalue weighted by Gasteiger charge is 2.34. The standard InChI is InChI=1S/C15H22F3NO2/c1-3-20-7-4-8-21-14-6-5-12(9-11(2)19)10-13(14)15(16,17)18/h5-6,10-11H,3-4,7-9,19H2,1-2H3. The fourth-order valence-corrected chi connectivity index (χ4v) is 1.91. The molecule has 1 aromatic rings. The molecule has 1 atom stereocenters. The Morgan fingerprint density at radius 3 is 2.52 bits per heavy atom. The van der Waals surface area contributed by atoms with Crippen molar-refractivity contribution in [2.45, 2.75) is 38.9 Å². The first-order valence-corrected chi connectivity index (χ1v) is 7.00. The van der Waals surface area contributed by atoms with Crippen LogP contribution in [0.15, 0.2) is 18.2 Å². The fourth-order valence-electron chi connectivity index (χ4n) is 1.91. The molecule has 0 spiro atoms. The first-order chi connectivity index (χ1) is 9.84. The van der Waals surface area contributed by atoms with Crippen LogP contribution in [0.25, 0.3) is 0 Å². The van der Waals surface area contributed by atoms with Crippen molar-refractivity contribution >= 4 is 0 Å². The molecule has 0 saturated heterocycles. The summed E-state index contributed by atoms with van der Waals surface area (Å²) in [5.41, 5.74) is 5.42. The average Bonchev–Trinajstić information content (AvgIpc) is 2.38. The number of nitrogens with two attached hydrogens (primary N) is 1. The summed E-state index contributed by atoms with van der Waals surface area (Å²) in [6, 6.07) is 3.91. The number of ether oxygens (including phenoxy) is 2. The van der Waals surface area contributed by atoms with Crippen molar-refractivity contribution in [3.8, 4) is 5.75 Å². The maximum absolute atomic E-state index is 13.1. The van der Waals surface area contributed by atoms with Crippen LogP contribution in [0.3, 0.4) is 0 Å². The molecule has 1 unspecified atom stereocenters. The van der Waals surface area contributed by atoms with E-state index in [4.69, 9.17) is 15.2 Å². The topological polar surface area (TPSA) is 44.5 Å². The smallest absolute Gasteiger partial charge is 0.419 e. The van der Waals surface area contributed by atoms with Crippen molar-refractivity contribution in [3.63, 3.8) is 0 Å². The van der Waals surface area contributed by atoms with Crippen LogP contribution in [0.4, 0.5) is 13.2 Å². The molecule has 0 aliphatic rings. The van der Waals surface area contributed by atoms with Gasteiger partial charge in [0.05, 0.1) is 12.2 Å². The van der Waals surface area contributed by atoms with E-state index >= 15 is 0 Å². The first kappa shape index (κ1) is 17.8. The zero-order valence-corrected chi connectivity index (χ0v) is 12.4. The maximum atomic E-state index is 13.1. The number of rotatable bonds is 8. The number of halogens is 3. The van der Waals surface area contributed by atoms with Gasteiger partial charge < -0.3 is 15.2 Å². The molecule has 0 aliphatic heterocycles. The molecule has 0 heterocycles. The van der Waals surface area contributed by atoms with Gasteiger partial charge in [0.25, 0.3) is 0 Å². The van der Waals surface area contributed by atoms with Gasteiger partial charge in [-0.2, -0.15) is 13.2 Å². The normalized spacial score (nSPS) is 13.2. The number of hydrogen-bond donors (Lipinski definition) is 1. The highest BCUT2D eigenvalue weighted by atomic mass is 19.4. The monoisotopic (exact) mass is 305 g/mol. The Morgan fingerprint density at radius 1 is 1.24 bits per heavy atom. The number of hydrogen-bond acceptors (Lipinski definition) is 3. The molecule has 0 amide bonds. The van der Waals surface area contributed by atoms with Crippen molar-refractivity contribution < 1.29 is 22.6 Å². The molecule has 0 aromatic heterocycles. The average molecular weight is 305 g/mol. The Kier molecular flexibility index (Phi) is 6.98. The van der Waals surface area contributed by atoms with Crippen molar-refractivity contribution in [3.05, 3.63) is 29.3 Å². The summed E-state index contributed by atoms with van der Waals surface area (Å²) in [5.74, 6) is -0.146. The molecule has 0 radical (unpaired) electrons. The van der Waals surface area contributed by atoms with Gasteiger partial charge in [0.15, 0.2) is 0 Å². The van der Waals surface area contributed by atoms with Gasteiger partial charge >= 0.3 is 6.18 Å². The van der Waals surface area contributed by atoms with Crippen LogP contribution in [-0.4, -0.2) is 25.9 Å². The lowest BCUT2D eigenvalue weighted by Crippen LogP contribution is -2.18. The van der Waals surface area contributed by atoms with Gasteiger partial charge in [-0.15, -0.1) is 0 Å². The zero-order valence-electron chi connectivity index (χ0n) is 12.4. The van der Waals surface area contributed by atoms with Crippen LogP contribution >= 0.6 is 0 Å². The van der Waals surface area contributed by atoms with E-state index in [0.29, 0.717) is 31.6 Å². The highest BCUT2D eigenvalue weighted by molar-refractivity contribution is 5.39. The summed E-state index contributed by atoms with van der Waals surface area (Å²) in [6.07, 6.45) is -3.50. The van der Waals surface area contributed by atoms with Crippen molar-refractivity contribution in [1.82, 2.24) is 0 Å². The summed E-state index contributed by atoms with van der Waals surface area (Å²) >= 11 is 0. The number of benzene rings is 1. The van der Waals surface area contributed by atoms with Crippen LogP contribution in [-0.2, 0) is 17.3 Å². The molecule has 6 heteroatoms. The second kappa shape index (κ2) is 8.24. The Labute approximate surface area is 123 Å².